The molecular formula is C57H35N3O2. The maximum atomic E-state index is 6.65. The first kappa shape index (κ1) is 35.5. The fourth-order valence-electron chi connectivity index (χ4n) is 8.90. The number of hydrogen-bond donors (Lipinski definition) is 0. The Labute approximate surface area is 357 Å². The summed E-state index contributed by atoms with van der Waals surface area (Å²) in [5.74, 6) is 1.73. The Morgan fingerprint density at radius 1 is 0.258 bits per heavy atom. The van der Waals surface area contributed by atoms with Crippen molar-refractivity contribution < 1.29 is 8.83 Å². The summed E-state index contributed by atoms with van der Waals surface area (Å²) in [6.45, 7) is 0. The summed E-state index contributed by atoms with van der Waals surface area (Å²) in [6.07, 6.45) is 0. The van der Waals surface area contributed by atoms with Gasteiger partial charge in [0.2, 0.25) is 0 Å². The van der Waals surface area contributed by atoms with Crippen molar-refractivity contribution in [2.24, 2.45) is 0 Å². The number of nitrogens with zero attached hydrogens (tertiary/aromatic N) is 3. The van der Waals surface area contributed by atoms with Crippen molar-refractivity contribution in [3.63, 3.8) is 0 Å². The van der Waals surface area contributed by atoms with E-state index in [1.165, 1.54) is 0 Å². The van der Waals surface area contributed by atoms with E-state index in [1.54, 1.807) is 0 Å². The predicted molar refractivity (Wildman–Crippen MR) is 252 cm³/mol. The lowest BCUT2D eigenvalue weighted by Crippen LogP contribution is -2.02. The molecule has 0 unspecified atom stereocenters. The van der Waals surface area contributed by atoms with Crippen LogP contribution in [0, 0.1) is 0 Å². The molecule has 0 saturated heterocycles. The largest absolute Gasteiger partial charge is 0.456 e. The Balaban J connectivity index is 1.15. The van der Waals surface area contributed by atoms with E-state index in [0.29, 0.717) is 17.5 Å². The molecule has 12 rings (SSSR count). The summed E-state index contributed by atoms with van der Waals surface area (Å²) < 4.78 is 13.1. The van der Waals surface area contributed by atoms with Crippen LogP contribution < -0.4 is 0 Å². The molecule has 3 heterocycles. The molecule has 0 atom stereocenters. The van der Waals surface area contributed by atoms with Crippen LogP contribution in [0.1, 0.15) is 0 Å². The van der Waals surface area contributed by atoms with Crippen molar-refractivity contribution in [3.8, 4) is 78.7 Å². The van der Waals surface area contributed by atoms with E-state index < -0.39 is 0 Å². The molecular weight excluding hydrogens is 759 g/mol. The summed E-state index contributed by atoms with van der Waals surface area (Å²) in [7, 11) is 0. The Hall–Kier alpha value is -8.41. The van der Waals surface area contributed by atoms with Crippen molar-refractivity contribution in [2.45, 2.75) is 0 Å². The molecule has 0 fully saturated rings. The number of hydrogen-bond acceptors (Lipinski definition) is 5. The quantitative estimate of drug-likeness (QED) is 0.161. The third kappa shape index (κ3) is 6.06. The topological polar surface area (TPSA) is 65.0 Å². The molecule has 290 valence electrons. The highest BCUT2D eigenvalue weighted by Gasteiger charge is 2.21. The van der Waals surface area contributed by atoms with Crippen LogP contribution in [-0.2, 0) is 0 Å². The fourth-order valence-corrected chi connectivity index (χ4v) is 8.90. The first-order chi connectivity index (χ1) is 30.7. The molecule has 12 aromatic rings. The van der Waals surface area contributed by atoms with Crippen LogP contribution in [-0.4, -0.2) is 15.0 Å². The highest BCUT2D eigenvalue weighted by Crippen LogP contribution is 2.43. The minimum Gasteiger partial charge on any atom is -0.456 e. The number of furan rings is 2. The smallest absolute Gasteiger partial charge is 0.164 e. The van der Waals surface area contributed by atoms with Gasteiger partial charge >= 0.3 is 0 Å². The van der Waals surface area contributed by atoms with Gasteiger partial charge in [0, 0.05) is 43.8 Å². The molecule has 0 saturated carbocycles. The minimum absolute atomic E-state index is 0.555. The molecule has 0 aliphatic rings. The van der Waals surface area contributed by atoms with E-state index in [1.807, 2.05) is 54.6 Å². The molecule has 5 nitrogen and oxygen atoms in total. The number of fused-ring (bicyclic) bond motifs is 6. The minimum atomic E-state index is 0.555. The van der Waals surface area contributed by atoms with Gasteiger partial charge in [0.25, 0.3) is 0 Å². The molecule has 0 bridgehead atoms. The molecule has 0 N–H and O–H groups in total. The van der Waals surface area contributed by atoms with Gasteiger partial charge in [0.05, 0.1) is 0 Å². The van der Waals surface area contributed by atoms with Gasteiger partial charge in [-0.05, 0) is 75.3 Å². The van der Waals surface area contributed by atoms with E-state index in [-0.39, 0.29) is 0 Å². The third-order valence-electron chi connectivity index (χ3n) is 11.8. The van der Waals surface area contributed by atoms with E-state index in [9.17, 15) is 0 Å². The zero-order chi connectivity index (χ0) is 41.0. The number of rotatable bonds is 7. The monoisotopic (exact) mass is 793 g/mol. The van der Waals surface area contributed by atoms with Gasteiger partial charge in [-0.25, -0.2) is 15.0 Å². The average molecular weight is 794 g/mol. The van der Waals surface area contributed by atoms with Crippen molar-refractivity contribution >= 4 is 43.9 Å². The van der Waals surface area contributed by atoms with Gasteiger partial charge in [0.15, 0.2) is 17.5 Å². The number of para-hydroxylation sites is 3. The van der Waals surface area contributed by atoms with Gasteiger partial charge < -0.3 is 8.83 Å². The number of aromatic nitrogens is 3. The zero-order valence-electron chi connectivity index (χ0n) is 33.4. The second kappa shape index (κ2) is 14.7. The molecule has 0 aliphatic heterocycles. The summed E-state index contributed by atoms with van der Waals surface area (Å²) in [6, 6.07) is 73.2. The maximum Gasteiger partial charge on any atom is 0.164 e. The Bertz CT molecular complexity index is 3540. The molecule has 9 aromatic carbocycles. The Kier molecular flexibility index (Phi) is 8.42. The van der Waals surface area contributed by atoms with Crippen molar-refractivity contribution in [2.75, 3.05) is 0 Å². The summed E-state index contributed by atoms with van der Waals surface area (Å²) in [5, 5.41) is 4.26. The highest BCUT2D eigenvalue weighted by atomic mass is 16.3. The van der Waals surface area contributed by atoms with Crippen LogP contribution in [0.2, 0.25) is 0 Å². The second-order valence-corrected chi connectivity index (χ2v) is 15.5. The lowest BCUT2D eigenvalue weighted by Gasteiger charge is -2.15. The summed E-state index contributed by atoms with van der Waals surface area (Å²) in [4.78, 5) is 16.1. The Morgan fingerprint density at radius 3 is 1.35 bits per heavy atom. The lowest BCUT2D eigenvalue weighted by atomic mass is 9.92. The van der Waals surface area contributed by atoms with Crippen LogP contribution in [0.4, 0.5) is 0 Å². The standard InChI is InChI=1S/C57H35N3O2/c1-3-17-36(18-4-1)41-21-7-9-24-47(41)56-58-55(59-57(60-56)48-25-10-8-22-42(48)37-19-5-2-6-20-37)40-34-38(43-27-16-32-52-53(43)49-26-12-14-31-51(49)61-52)33-39(35-40)44-28-15-29-46-45-23-11-13-30-50(45)62-54(44)46/h1-35H. The molecule has 0 radical (unpaired) electrons. The van der Waals surface area contributed by atoms with Crippen molar-refractivity contribution in [3.05, 3.63) is 212 Å². The normalized spacial score (nSPS) is 11.5. The fraction of sp³-hybridized carbons (Fsp3) is 0. The van der Waals surface area contributed by atoms with Gasteiger partial charge in [-0.2, -0.15) is 0 Å². The first-order valence-electron chi connectivity index (χ1n) is 20.8. The highest BCUT2D eigenvalue weighted by molar-refractivity contribution is 6.13. The molecule has 0 spiro atoms. The van der Waals surface area contributed by atoms with Crippen LogP contribution in [0.25, 0.3) is 123 Å². The van der Waals surface area contributed by atoms with Crippen molar-refractivity contribution in [1.29, 1.82) is 0 Å². The zero-order valence-corrected chi connectivity index (χ0v) is 33.4. The van der Waals surface area contributed by atoms with Crippen molar-refractivity contribution in [1.82, 2.24) is 15.0 Å². The summed E-state index contributed by atoms with van der Waals surface area (Å²) in [5.41, 5.74) is 14.3. The molecule has 62 heavy (non-hydrogen) atoms. The van der Waals surface area contributed by atoms with Crippen LogP contribution in [0.5, 0.6) is 0 Å². The molecule has 5 heteroatoms. The van der Waals surface area contributed by atoms with Crippen LogP contribution in [0.3, 0.4) is 0 Å². The lowest BCUT2D eigenvalue weighted by molar-refractivity contribution is 0.669. The predicted octanol–water partition coefficient (Wildman–Crippen LogP) is 15.3. The van der Waals surface area contributed by atoms with E-state index >= 15 is 0 Å². The third-order valence-corrected chi connectivity index (χ3v) is 11.8. The second-order valence-electron chi connectivity index (χ2n) is 15.5. The van der Waals surface area contributed by atoms with Gasteiger partial charge in [0.1, 0.15) is 22.3 Å². The summed E-state index contributed by atoms with van der Waals surface area (Å²) >= 11 is 0. The van der Waals surface area contributed by atoms with Crippen LogP contribution in [0.15, 0.2) is 221 Å². The van der Waals surface area contributed by atoms with E-state index in [2.05, 4.69) is 158 Å². The SMILES string of the molecule is c1ccc(-c2ccccc2-c2nc(-c3cc(-c4cccc5c4oc4ccccc45)cc(-c4cccc5oc6ccccc6c45)c3)nc(-c3ccccc3-c3ccccc3)n2)cc1. The molecule has 3 aromatic heterocycles. The molecule has 0 aliphatic carbocycles. The van der Waals surface area contributed by atoms with E-state index in [0.717, 1.165) is 105 Å². The molecule has 0 amide bonds. The first-order valence-corrected chi connectivity index (χ1v) is 20.8. The van der Waals surface area contributed by atoms with Gasteiger partial charge in [-0.3, -0.25) is 0 Å². The van der Waals surface area contributed by atoms with Crippen LogP contribution >= 0.6 is 0 Å². The van der Waals surface area contributed by atoms with Gasteiger partial charge in [-0.1, -0.05) is 176 Å². The average Bonchev–Trinajstić information content (AvgIpc) is 3.93. The van der Waals surface area contributed by atoms with Gasteiger partial charge in [-0.15, -0.1) is 0 Å². The van der Waals surface area contributed by atoms with E-state index in [4.69, 9.17) is 23.8 Å². The Morgan fingerprint density at radius 2 is 0.694 bits per heavy atom. The number of benzene rings is 9. The maximum absolute atomic E-state index is 6.65.